The van der Waals surface area contributed by atoms with Crippen molar-refractivity contribution in [3.05, 3.63) is 35.9 Å². The number of aromatic nitrogens is 2. The maximum Gasteiger partial charge on any atom is 0.231 e. The van der Waals surface area contributed by atoms with Gasteiger partial charge in [0.1, 0.15) is 6.33 Å². The van der Waals surface area contributed by atoms with Crippen LogP contribution < -0.4 is 25.4 Å². The number of ether oxygens (including phenoxy) is 2. The molecule has 33 heavy (non-hydrogen) atoms. The van der Waals surface area contributed by atoms with E-state index in [0.29, 0.717) is 44.1 Å². The summed E-state index contributed by atoms with van der Waals surface area (Å²) in [5.41, 5.74) is 6.12. The summed E-state index contributed by atoms with van der Waals surface area (Å²) in [6.07, 6.45) is 1.31. The van der Waals surface area contributed by atoms with Gasteiger partial charge in [0.2, 0.25) is 11.7 Å². The normalized spacial score (nSPS) is 18.6. The van der Waals surface area contributed by atoms with Gasteiger partial charge in [0.15, 0.2) is 23.1 Å². The molecule has 4 N–H and O–H groups in total. The zero-order valence-corrected chi connectivity index (χ0v) is 19.1. The Morgan fingerprint density at radius 1 is 1.33 bits per heavy atom. The van der Waals surface area contributed by atoms with E-state index in [1.54, 1.807) is 32.2 Å². The van der Waals surface area contributed by atoms with Gasteiger partial charge >= 0.3 is 0 Å². The number of halogens is 1. The highest BCUT2D eigenvalue weighted by Crippen LogP contribution is 2.29. The van der Waals surface area contributed by atoms with Crippen molar-refractivity contribution in [3.8, 4) is 11.5 Å². The SMILES string of the molecule is COc1ccc(CN(C)c2ncnc(NC[C@@H]3CCN(CC(N)=O)C[C@H]3O)c2F)cc1OC. The van der Waals surface area contributed by atoms with Crippen LogP contribution in [0.4, 0.5) is 16.0 Å². The Morgan fingerprint density at radius 3 is 2.76 bits per heavy atom. The van der Waals surface area contributed by atoms with E-state index >= 15 is 4.39 Å². The number of β-amino-alcohol motifs (C(OH)–C–C–N with tert-alkyl or cyclic N) is 1. The number of primary amides is 1. The van der Waals surface area contributed by atoms with Crippen LogP contribution in [0, 0.1) is 11.7 Å². The maximum atomic E-state index is 15.2. The van der Waals surface area contributed by atoms with Gasteiger partial charge in [0, 0.05) is 32.6 Å². The fourth-order valence-electron chi connectivity index (χ4n) is 3.95. The Bertz CT molecular complexity index is 962. The van der Waals surface area contributed by atoms with Crippen molar-refractivity contribution in [1.82, 2.24) is 14.9 Å². The lowest BCUT2D eigenvalue weighted by molar-refractivity contribution is -0.120. The molecule has 0 aliphatic carbocycles. The van der Waals surface area contributed by atoms with E-state index in [1.807, 2.05) is 17.0 Å². The van der Waals surface area contributed by atoms with Crippen LogP contribution in [0.15, 0.2) is 24.5 Å². The number of piperidine rings is 1. The Balaban J connectivity index is 1.63. The lowest BCUT2D eigenvalue weighted by Crippen LogP contribution is -2.48. The molecule has 2 heterocycles. The molecule has 1 amide bonds. The van der Waals surface area contributed by atoms with Crippen LogP contribution in [0.25, 0.3) is 0 Å². The quantitative estimate of drug-likeness (QED) is 0.471. The Hall–Kier alpha value is -3.18. The highest BCUT2D eigenvalue weighted by molar-refractivity contribution is 5.75. The third-order valence-corrected chi connectivity index (χ3v) is 5.72. The van der Waals surface area contributed by atoms with Crippen LogP contribution in [0.2, 0.25) is 0 Å². The second kappa shape index (κ2) is 11.1. The molecule has 0 unspecified atom stereocenters. The van der Waals surface area contributed by atoms with Crippen LogP contribution in [0.3, 0.4) is 0 Å². The number of methoxy groups -OCH3 is 2. The Labute approximate surface area is 192 Å². The molecule has 0 saturated carbocycles. The summed E-state index contributed by atoms with van der Waals surface area (Å²) in [5.74, 6) is 0.342. The molecule has 0 spiro atoms. The third kappa shape index (κ3) is 6.20. The zero-order chi connectivity index (χ0) is 24.0. The number of nitrogens with one attached hydrogen (secondary N) is 1. The first-order chi connectivity index (χ1) is 15.8. The van der Waals surface area contributed by atoms with Crippen molar-refractivity contribution in [2.75, 3.05) is 57.7 Å². The van der Waals surface area contributed by atoms with Gasteiger partial charge in [-0.1, -0.05) is 6.07 Å². The molecule has 0 bridgehead atoms. The summed E-state index contributed by atoms with van der Waals surface area (Å²) in [6.45, 7) is 1.84. The van der Waals surface area contributed by atoms with E-state index in [-0.39, 0.29) is 24.1 Å². The van der Waals surface area contributed by atoms with Crippen LogP contribution in [0.1, 0.15) is 12.0 Å². The summed E-state index contributed by atoms with van der Waals surface area (Å²) < 4.78 is 25.7. The van der Waals surface area contributed by atoms with Crippen molar-refractivity contribution in [1.29, 1.82) is 0 Å². The van der Waals surface area contributed by atoms with Crippen molar-refractivity contribution >= 4 is 17.5 Å². The second-order valence-electron chi connectivity index (χ2n) is 8.10. The number of rotatable bonds is 10. The van der Waals surface area contributed by atoms with Gasteiger partial charge in [0.25, 0.3) is 0 Å². The van der Waals surface area contributed by atoms with E-state index in [2.05, 4.69) is 15.3 Å². The molecule has 1 saturated heterocycles. The minimum atomic E-state index is -0.650. The summed E-state index contributed by atoms with van der Waals surface area (Å²) >= 11 is 0. The van der Waals surface area contributed by atoms with Crippen molar-refractivity contribution in [2.24, 2.45) is 11.7 Å². The van der Waals surface area contributed by atoms with E-state index in [1.165, 1.54) is 6.33 Å². The molecule has 2 atom stereocenters. The predicted molar refractivity (Wildman–Crippen MR) is 122 cm³/mol. The molecule has 1 aliphatic heterocycles. The fourth-order valence-corrected chi connectivity index (χ4v) is 3.95. The number of hydrogen-bond donors (Lipinski definition) is 3. The van der Waals surface area contributed by atoms with Crippen molar-refractivity contribution in [3.63, 3.8) is 0 Å². The number of benzene rings is 1. The van der Waals surface area contributed by atoms with E-state index in [9.17, 15) is 9.90 Å². The standard InChI is InChI=1S/C22H31FN6O4/c1-28(10-14-4-5-17(32-2)18(8-14)33-3)22-20(23)21(26-13-27-22)25-9-15-6-7-29(11-16(15)30)12-19(24)31/h4-5,8,13,15-16,30H,6-7,9-12H2,1-3H3,(H2,24,31)(H,25,26,27)/t15-,16+/m0/s1. The molecule has 1 fully saturated rings. The number of likely N-dealkylation sites (tertiary alicyclic amines) is 1. The van der Waals surface area contributed by atoms with Gasteiger partial charge < -0.3 is 30.5 Å². The molecule has 11 heteroatoms. The van der Waals surface area contributed by atoms with Gasteiger partial charge in [-0.3, -0.25) is 9.69 Å². The number of aliphatic hydroxyl groups excluding tert-OH is 1. The van der Waals surface area contributed by atoms with E-state index in [0.717, 1.165) is 5.56 Å². The number of anilines is 2. The predicted octanol–water partition coefficient (Wildman–Crippen LogP) is 0.849. The first-order valence-electron chi connectivity index (χ1n) is 10.7. The fraction of sp³-hybridized carbons (Fsp3) is 0.500. The molecular formula is C22H31FN6O4. The molecule has 1 aromatic carbocycles. The van der Waals surface area contributed by atoms with Gasteiger partial charge in [0.05, 0.1) is 26.9 Å². The highest BCUT2D eigenvalue weighted by Gasteiger charge is 2.28. The first-order valence-corrected chi connectivity index (χ1v) is 10.7. The van der Waals surface area contributed by atoms with Gasteiger partial charge in [-0.25, -0.2) is 9.97 Å². The zero-order valence-electron chi connectivity index (χ0n) is 19.1. The molecule has 180 valence electrons. The van der Waals surface area contributed by atoms with Gasteiger partial charge in [-0.05, 0) is 30.7 Å². The van der Waals surface area contributed by atoms with Crippen molar-refractivity contribution < 1.29 is 23.8 Å². The summed E-state index contributed by atoms with van der Waals surface area (Å²) in [4.78, 5) is 22.7. The van der Waals surface area contributed by atoms with E-state index in [4.69, 9.17) is 15.2 Å². The molecule has 2 aromatic rings. The van der Waals surface area contributed by atoms with Crippen molar-refractivity contribution in [2.45, 2.75) is 19.1 Å². The second-order valence-corrected chi connectivity index (χ2v) is 8.10. The lowest BCUT2D eigenvalue weighted by Gasteiger charge is -2.35. The van der Waals surface area contributed by atoms with Gasteiger partial charge in [-0.15, -0.1) is 0 Å². The van der Waals surface area contributed by atoms with Crippen LogP contribution in [-0.2, 0) is 11.3 Å². The Morgan fingerprint density at radius 2 is 2.09 bits per heavy atom. The smallest absolute Gasteiger partial charge is 0.231 e. The number of carbonyl (C=O) groups is 1. The molecule has 10 nitrogen and oxygen atoms in total. The molecule has 1 aromatic heterocycles. The number of aliphatic hydroxyl groups is 1. The largest absolute Gasteiger partial charge is 0.493 e. The first kappa shape index (κ1) is 24.5. The van der Waals surface area contributed by atoms with Gasteiger partial charge in [-0.2, -0.15) is 4.39 Å². The lowest BCUT2D eigenvalue weighted by atomic mass is 9.94. The third-order valence-electron chi connectivity index (χ3n) is 5.72. The average Bonchev–Trinajstić information content (AvgIpc) is 2.78. The average molecular weight is 463 g/mol. The topological polar surface area (TPSA) is 126 Å². The minimum Gasteiger partial charge on any atom is -0.493 e. The van der Waals surface area contributed by atoms with Crippen LogP contribution in [0.5, 0.6) is 11.5 Å². The number of amides is 1. The number of nitrogens with two attached hydrogens (primary N) is 1. The number of hydrogen-bond acceptors (Lipinski definition) is 9. The highest BCUT2D eigenvalue weighted by atomic mass is 19.1. The van der Waals surface area contributed by atoms with Crippen LogP contribution in [-0.4, -0.2) is 79.4 Å². The molecule has 1 aliphatic rings. The summed E-state index contributed by atoms with van der Waals surface area (Å²) in [7, 11) is 4.87. The summed E-state index contributed by atoms with van der Waals surface area (Å²) in [5, 5.41) is 13.4. The molecular weight excluding hydrogens is 431 g/mol. The number of carbonyl (C=O) groups excluding carboxylic acids is 1. The Kier molecular flexibility index (Phi) is 8.23. The minimum absolute atomic E-state index is 0.0749. The summed E-state index contributed by atoms with van der Waals surface area (Å²) in [6, 6.07) is 5.51. The van der Waals surface area contributed by atoms with Crippen LogP contribution >= 0.6 is 0 Å². The van der Waals surface area contributed by atoms with E-state index < -0.39 is 17.8 Å². The molecule has 0 radical (unpaired) electrons. The number of nitrogens with zero attached hydrogens (tertiary/aromatic N) is 4. The maximum absolute atomic E-state index is 15.2. The molecule has 3 rings (SSSR count). The monoisotopic (exact) mass is 462 g/mol.